The number of ketones is 1. The van der Waals surface area contributed by atoms with Gasteiger partial charge in [0.15, 0.2) is 29.5 Å². The third-order valence-corrected chi connectivity index (χ3v) is 7.77. The first-order chi connectivity index (χ1) is 13.6. The maximum Gasteiger partial charge on any atom is 0.340 e. The summed E-state index contributed by atoms with van der Waals surface area (Å²) in [4.78, 5) is 27.9. The van der Waals surface area contributed by atoms with E-state index in [-0.39, 0.29) is 17.2 Å². The first-order valence-electron chi connectivity index (χ1n) is 10.5. The average Bonchev–Trinajstić information content (AvgIpc) is 3.33. The number of rotatable bonds is 2. The quantitative estimate of drug-likeness (QED) is 0.575. The Morgan fingerprint density at radius 1 is 1.32 bits per heavy atom. The minimum atomic E-state index is -0.493. The van der Waals surface area contributed by atoms with E-state index in [0.29, 0.717) is 42.9 Å². The number of esters is 1. The molecule has 1 aromatic rings. The molecule has 0 aromatic heterocycles. The lowest BCUT2D eigenvalue weighted by atomic mass is 9.52. The molecule has 0 radical (unpaired) electrons. The van der Waals surface area contributed by atoms with E-state index < -0.39 is 12.2 Å². The summed E-state index contributed by atoms with van der Waals surface area (Å²) < 4.78 is 17.5. The zero-order valence-corrected chi connectivity index (χ0v) is 16.1. The Hall–Kier alpha value is -1.92. The molecule has 2 bridgehead atoms. The number of hydrogen-bond donors (Lipinski definition) is 0. The zero-order chi connectivity index (χ0) is 19.0. The summed E-state index contributed by atoms with van der Waals surface area (Å²) in [7, 11) is 2.20. The number of piperidine rings is 1. The van der Waals surface area contributed by atoms with Gasteiger partial charge in [0.05, 0.1) is 0 Å². The zero-order valence-electron chi connectivity index (χ0n) is 16.1. The van der Waals surface area contributed by atoms with Gasteiger partial charge < -0.3 is 19.1 Å². The summed E-state index contributed by atoms with van der Waals surface area (Å²) in [5, 5.41) is 0. The highest BCUT2D eigenvalue weighted by Crippen LogP contribution is 2.63. The fraction of sp³-hybridized carbons (Fsp3) is 0.636. The molecule has 3 fully saturated rings. The third kappa shape index (κ3) is 2.05. The van der Waals surface area contributed by atoms with E-state index in [4.69, 9.17) is 14.2 Å². The minimum absolute atomic E-state index is 0.194. The van der Waals surface area contributed by atoms with Gasteiger partial charge in [-0.15, -0.1) is 0 Å². The fourth-order valence-electron chi connectivity index (χ4n) is 6.53. The Kier molecular flexibility index (Phi) is 3.52. The van der Waals surface area contributed by atoms with E-state index >= 15 is 0 Å². The molecule has 2 unspecified atom stereocenters. The molecular weight excluding hydrogens is 358 g/mol. The summed E-state index contributed by atoms with van der Waals surface area (Å²) in [6, 6.07) is 4.37. The van der Waals surface area contributed by atoms with Crippen LogP contribution in [-0.2, 0) is 26.2 Å². The Labute approximate surface area is 164 Å². The van der Waals surface area contributed by atoms with Crippen LogP contribution in [0.5, 0.6) is 11.5 Å². The molecule has 148 valence electrons. The highest BCUT2D eigenvalue weighted by atomic mass is 16.6. The van der Waals surface area contributed by atoms with Crippen LogP contribution in [0.4, 0.5) is 0 Å². The molecule has 3 heterocycles. The van der Waals surface area contributed by atoms with Crippen molar-refractivity contribution in [1.29, 1.82) is 0 Å². The van der Waals surface area contributed by atoms with E-state index in [1.54, 1.807) is 0 Å². The molecule has 28 heavy (non-hydrogen) atoms. The largest absolute Gasteiger partial charge is 0.477 e. The normalized spacial score (nSPS) is 38.1. The van der Waals surface area contributed by atoms with Crippen LogP contribution >= 0.6 is 0 Å². The number of hydrogen-bond acceptors (Lipinski definition) is 6. The monoisotopic (exact) mass is 383 g/mol. The van der Waals surface area contributed by atoms with Crippen LogP contribution in [0.3, 0.4) is 0 Å². The molecule has 2 saturated heterocycles. The molecule has 1 spiro atoms. The van der Waals surface area contributed by atoms with Crippen LogP contribution in [0, 0.1) is 5.92 Å². The van der Waals surface area contributed by atoms with Gasteiger partial charge in [0.1, 0.15) is 0 Å². The Morgan fingerprint density at radius 2 is 2.21 bits per heavy atom. The second-order valence-corrected chi connectivity index (χ2v) is 9.00. The summed E-state index contributed by atoms with van der Waals surface area (Å²) in [6.07, 6.45) is 4.04. The van der Waals surface area contributed by atoms with Crippen molar-refractivity contribution in [3.05, 3.63) is 23.3 Å². The number of carbonyl (C=O) groups is 2. The number of carbonyl (C=O) groups excluding carboxylic acids is 2. The van der Waals surface area contributed by atoms with Gasteiger partial charge >= 0.3 is 5.97 Å². The molecule has 2 aliphatic carbocycles. The van der Waals surface area contributed by atoms with Crippen molar-refractivity contribution >= 4 is 11.8 Å². The molecule has 0 N–H and O–H groups in total. The van der Waals surface area contributed by atoms with Gasteiger partial charge in [0.2, 0.25) is 0 Å². The Morgan fingerprint density at radius 3 is 3.04 bits per heavy atom. The fourth-order valence-corrected chi connectivity index (χ4v) is 6.53. The van der Waals surface area contributed by atoms with Crippen molar-refractivity contribution in [3.8, 4) is 11.5 Å². The maximum atomic E-state index is 12.9. The standard InChI is InChI=1S/C22H25NO5/c1-23-9-8-22-13-5-6-15(24)20(22)28-19-16(27-21(25)17-3-2-10-26-17)7-4-12(18(19)22)11-14(13)23/h4,7,13-14,17,20H,2-3,5-6,8-11H2,1H3/t13?,14-,17?,20+,22+/m1/s1. The van der Waals surface area contributed by atoms with Gasteiger partial charge in [-0.05, 0) is 63.2 Å². The Balaban J connectivity index is 1.46. The van der Waals surface area contributed by atoms with E-state index in [1.807, 2.05) is 6.07 Å². The SMILES string of the molecule is CN1CC[C@]23c4c5ccc(OC(=O)C6CCCO6)c4O[C@H]2C(=O)CCC3[C@H]1C5. The van der Waals surface area contributed by atoms with Crippen LogP contribution in [0.25, 0.3) is 0 Å². The van der Waals surface area contributed by atoms with Crippen molar-refractivity contribution in [3.63, 3.8) is 0 Å². The topological polar surface area (TPSA) is 65.1 Å². The van der Waals surface area contributed by atoms with Crippen molar-refractivity contribution < 1.29 is 23.8 Å². The van der Waals surface area contributed by atoms with E-state index in [0.717, 1.165) is 37.8 Å². The van der Waals surface area contributed by atoms with Gasteiger partial charge in [-0.1, -0.05) is 6.07 Å². The van der Waals surface area contributed by atoms with E-state index in [1.165, 1.54) is 5.56 Å². The minimum Gasteiger partial charge on any atom is -0.477 e. The number of likely N-dealkylation sites (tertiary alicyclic amines) is 1. The number of likely N-dealkylation sites (N-methyl/N-ethyl adjacent to an activating group) is 1. The van der Waals surface area contributed by atoms with Gasteiger partial charge in [-0.25, -0.2) is 4.79 Å². The van der Waals surface area contributed by atoms with Crippen molar-refractivity contribution in [2.24, 2.45) is 5.92 Å². The highest BCUT2D eigenvalue weighted by Gasteiger charge is 2.65. The first kappa shape index (κ1) is 17.0. The van der Waals surface area contributed by atoms with Crippen LogP contribution in [-0.4, -0.2) is 55.1 Å². The van der Waals surface area contributed by atoms with Crippen molar-refractivity contribution in [2.75, 3.05) is 20.2 Å². The maximum absolute atomic E-state index is 12.9. The summed E-state index contributed by atoms with van der Waals surface area (Å²) in [5.41, 5.74) is 2.15. The van der Waals surface area contributed by atoms with Crippen molar-refractivity contribution in [1.82, 2.24) is 4.90 Å². The van der Waals surface area contributed by atoms with Gasteiger partial charge in [-0.3, -0.25) is 4.79 Å². The molecule has 5 aliphatic rings. The molecule has 0 amide bonds. The summed E-state index contributed by atoms with van der Waals surface area (Å²) in [6.45, 7) is 1.57. The van der Waals surface area contributed by atoms with Crippen LogP contribution in [0.15, 0.2) is 12.1 Å². The van der Waals surface area contributed by atoms with Gasteiger partial charge in [0.25, 0.3) is 0 Å². The van der Waals surface area contributed by atoms with Crippen molar-refractivity contribution in [2.45, 2.75) is 62.2 Å². The first-order valence-corrected chi connectivity index (χ1v) is 10.5. The number of Topliss-reactive ketones (excluding diaryl/α,β-unsaturated/α-hetero) is 1. The second kappa shape index (κ2) is 5.80. The molecule has 3 aliphatic heterocycles. The van der Waals surface area contributed by atoms with E-state index in [2.05, 4.69) is 18.0 Å². The highest BCUT2D eigenvalue weighted by molar-refractivity contribution is 5.89. The predicted molar refractivity (Wildman–Crippen MR) is 99.6 cm³/mol. The predicted octanol–water partition coefficient (Wildman–Crippen LogP) is 2.01. The Bertz CT molecular complexity index is 876. The lowest BCUT2D eigenvalue weighted by molar-refractivity contribution is -0.144. The van der Waals surface area contributed by atoms with E-state index in [9.17, 15) is 9.59 Å². The third-order valence-electron chi connectivity index (χ3n) is 7.77. The molecular formula is C22H25NO5. The van der Waals surface area contributed by atoms with Crippen LogP contribution in [0.2, 0.25) is 0 Å². The lowest BCUT2D eigenvalue weighted by Crippen LogP contribution is -2.65. The molecule has 1 saturated carbocycles. The molecule has 1 aromatic carbocycles. The van der Waals surface area contributed by atoms with Gasteiger partial charge in [0, 0.05) is 30.0 Å². The molecule has 6 rings (SSSR count). The molecule has 6 heteroatoms. The second-order valence-electron chi connectivity index (χ2n) is 9.00. The van der Waals surface area contributed by atoms with Gasteiger partial charge in [-0.2, -0.15) is 0 Å². The molecule has 6 nitrogen and oxygen atoms in total. The smallest absolute Gasteiger partial charge is 0.340 e. The molecule has 5 atom stereocenters. The number of benzene rings is 1. The average molecular weight is 383 g/mol. The summed E-state index contributed by atoms with van der Waals surface area (Å²) in [5.74, 6) is 1.35. The summed E-state index contributed by atoms with van der Waals surface area (Å²) >= 11 is 0. The van der Waals surface area contributed by atoms with Crippen LogP contribution < -0.4 is 9.47 Å². The lowest BCUT2D eigenvalue weighted by Gasteiger charge is -2.57. The van der Waals surface area contributed by atoms with Crippen LogP contribution in [0.1, 0.15) is 43.2 Å². The number of nitrogens with zero attached hydrogens (tertiary/aromatic N) is 1. The number of ether oxygens (including phenoxy) is 3.